The van der Waals surface area contributed by atoms with E-state index in [1.807, 2.05) is 0 Å². The number of hydrogen-bond acceptors (Lipinski definition) is 2. The topological polar surface area (TPSA) is 43.1 Å². The van der Waals surface area contributed by atoms with Crippen LogP contribution in [0.25, 0.3) is 0 Å². The molecule has 0 spiro atoms. The number of rotatable bonds is 2. The van der Waals surface area contributed by atoms with Crippen molar-refractivity contribution < 1.29 is 4.79 Å². The molecule has 0 atom stereocenters. The molecule has 0 saturated heterocycles. The van der Waals surface area contributed by atoms with Gasteiger partial charge in [-0.2, -0.15) is 0 Å². The number of nitrogens with two attached hydrogens (primary N) is 1. The molecule has 0 aliphatic carbocycles. The van der Waals surface area contributed by atoms with Crippen LogP contribution in [0, 0.1) is 0 Å². The van der Waals surface area contributed by atoms with Crippen molar-refractivity contribution in [2.75, 3.05) is 5.73 Å². The zero-order valence-electron chi connectivity index (χ0n) is 8.78. The lowest BCUT2D eigenvalue weighted by Crippen LogP contribution is -2.05. The third-order valence-corrected chi connectivity index (χ3v) is 2.93. The maximum Gasteiger partial charge on any atom is 0.196 e. The van der Waals surface area contributed by atoms with E-state index in [9.17, 15) is 4.79 Å². The molecule has 0 amide bonds. The molecule has 2 nitrogen and oxygen atoms in total. The van der Waals surface area contributed by atoms with Crippen LogP contribution in [-0.2, 0) is 0 Å². The van der Waals surface area contributed by atoms with Crippen molar-refractivity contribution >= 4 is 34.7 Å². The lowest BCUT2D eigenvalue weighted by atomic mass is 10.0. The Morgan fingerprint density at radius 3 is 2.35 bits per heavy atom. The van der Waals surface area contributed by atoms with Crippen LogP contribution in [0.15, 0.2) is 42.5 Å². The minimum Gasteiger partial charge on any atom is -0.398 e. The first-order valence-corrected chi connectivity index (χ1v) is 5.69. The van der Waals surface area contributed by atoms with E-state index in [4.69, 9.17) is 28.9 Å². The Kier molecular flexibility index (Phi) is 3.36. The number of anilines is 1. The number of carbonyl (C=O) groups is 1. The molecule has 2 aromatic carbocycles. The monoisotopic (exact) mass is 265 g/mol. The van der Waals surface area contributed by atoms with Gasteiger partial charge in [-0.3, -0.25) is 4.79 Å². The van der Waals surface area contributed by atoms with Gasteiger partial charge in [0.1, 0.15) is 0 Å². The number of carbonyl (C=O) groups excluding carboxylic acids is 1. The summed E-state index contributed by atoms with van der Waals surface area (Å²) in [6.45, 7) is 0. The highest BCUT2D eigenvalue weighted by atomic mass is 35.5. The van der Waals surface area contributed by atoms with Gasteiger partial charge >= 0.3 is 0 Å². The molecule has 0 fully saturated rings. The van der Waals surface area contributed by atoms with E-state index in [1.165, 1.54) is 6.07 Å². The highest BCUT2D eigenvalue weighted by Crippen LogP contribution is 2.25. The van der Waals surface area contributed by atoms with Crippen LogP contribution < -0.4 is 5.73 Å². The standard InChI is InChI=1S/C13H9Cl2NO/c14-8-5-6-9(11(15)7-8)13(17)10-3-1-2-4-12(10)16/h1-7H,16H2. The molecule has 17 heavy (non-hydrogen) atoms. The predicted octanol–water partition coefficient (Wildman–Crippen LogP) is 3.81. The Labute approximate surface area is 109 Å². The Balaban J connectivity index is 2.48. The second-order valence-corrected chi connectivity index (χ2v) is 4.38. The first kappa shape index (κ1) is 12.0. The summed E-state index contributed by atoms with van der Waals surface area (Å²) in [4.78, 5) is 12.2. The van der Waals surface area contributed by atoms with E-state index in [1.54, 1.807) is 36.4 Å². The van der Waals surface area contributed by atoms with Crippen molar-refractivity contribution in [1.82, 2.24) is 0 Å². The van der Waals surface area contributed by atoms with Gasteiger partial charge in [0.2, 0.25) is 0 Å². The second kappa shape index (κ2) is 4.78. The van der Waals surface area contributed by atoms with Gasteiger partial charge in [0.25, 0.3) is 0 Å². The van der Waals surface area contributed by atoms with Gasteiger partial charge in [0, 0.05) is 21.8 Å². The first-order valence-electron chi connectivity index (χ1n) is 4.94. The molecule has 0 aromatic heterocycles. The van der Waals surface area contributed by atoms with Gasteiger partial charge in [0.15, 0.2) is 5.78 Å². The van der Waals surface area contributed by atoms with Gasteiger partial charge in [-0.1, -0.05) is 35.3 Å². The van der Waals surface area contributed by atoms with Crippen molar-refractivity contribution in [2.24, 2.45) is 0 Å². The minimum absolute atomic E-state index is 0.204. The molecule has 0 aliphatic rings. The van der Waals surface area contributed by atoms with Crippen molar-refractivity contribution in [1.29, 1.82) is 0 Å². The summed E-state index contributed by atoms with van der Waals surface area (Å²) in [7, 11) is 0. The zero-order valence-corrected chi connectivity index (χ0v) is 10.3. The normalized spacial score (nSPS) is 10.2. The van der Waals surface area contributed by atoms with E-state index >= 15 is 0 Å². The molecular formula is C13H9Cl2NO. The summed E-state index contributed by atoms with van der Waals surface area (Å²) in [6, 6.07) is 11.6. The molecule has 0 unspecified atom stereocenters. The summed E-state index contributed by atoms with van der Waals surface area (Å²) in [5.74, 6) is -0.204. The average Bonchev–Trinajstić information content (AvgIpc) is 2.29. The van der Waals surface area contributed by atoms with Crippen molar-refractivity contribution in [2.45, 2.75) is 0 Å². The number of para-hydroxylation sites is 1. The van der Waals surface area contributed by atoms with Gasteiger partial charge in [-0.25, -0.2) is 0 Å². The molecule has 2 rings (SSSR count). The lowest BCUT2D eigenvalue weighted by Gasteiger charge is -2.06. The maximum absolute atomic E-state index is 12.2. The fourth-order valence-electron chi connectivity index (χ4n) is 1.52. The number of hydrogen-bond donors (Lipinski definition) is 1. The SMILES string of the molecule is Nc1ccccc1C(=O)c1ccc(Cl)cc1Cl. The van der Waals surface area contributed by atoms with E-state index in [-0.39, 0.29) is 5.78 Å². The van der Waals surface area contributed by atoms with E-state index in [0.717, 1.165) is 0 Å². The zero-order chi connectivity index (χ0) is 12.4. The molecule has 0 heterocycles. The van der Waals surface area contributed by atoms with Crippen LogP contribution in [0.5, 0.6) is 0 Å². The van der Waals surface area contributed by atoms with Crippen molar-refractivity contribution in [3.05, 3.63) is 63.6 Å². The smallest absolute Gasteiger partial charge is 0.196 e. The van der Waals surface area contributed by atoms with Crippen molar-refractivity contribution in [3.63, 3.8) is 0 Å². The second-order valence-electron chi connectivity index (χ2n) is 3.54. The Hall–Kier alpha value is -1.51. The van der Waals surface area contributed by atoms with Crippen LogP contribution in [0.3, 0.4) is 0 Å². The largest absolute Gasteiger partial charge is 0.398 e. The number of ketones is 1. The van der Waals surface area contributed by atoms with Crippen LogP contribution in [0.1, 0.15) is 15.9 Å². The summed E-state index contributed by atoms with van der Waals surface area (Å²) < 4.78 is 0. The number of halogens is 2. The fourth-order valence-corrected chi connectivity index (χ4v) is 2.02. The quantitative estimate of drug-likeness (QED) is 0.663. The van der Waals surface area contributed by atoms with E-state index in [0.29, 0.717) is 26.9 Å². The summed E-state index contributed by atoms with van der Waals surface area (Å²) in [6.07, 6.45) is 0. The Morgan fingerprint density at radius 1 is 1.00 bits per heavy atom. The van der Waals surface area contributed by atoms with Gasteiger partial charge in [-0.15, -0.1) is 0 Å². The molecule has 86 valence electrons. The lowest BCUT2D eigenvalue weighted by molar-refractivity contribution is 0.103. The molecule has 2 aromatic rings. The maximum atomic E-state index is 12.2. The molecule has 0 saturated carbocycles. The number of nitrogen functional groups attached to an aromatic ring is 1. The highest BCUT2D eigenvalue weighted by molar-refractivity contribution is 6.37. The average molecular weight is 266 g/mol. The van der Waals surface area contributed by atoms with Crippen LogP contribution in [0.2, 0.25) is 10.0 Å². The summed E-state index contributed by atoms with van der Waals surface area (Å²) in [5, 5.41) is 0.818. The highest BCUT2D eigenvalue weighted by Gasteiger charge is 2.14. The Morgan fingerprint density at radius 2 is 1.71 bits per heavy atom. The van der Waals surface area contributed by atoms with Crippen LogP contribution in [0.4, 0.5) is 5.69 Å². The van der Waals surface area contributed by atoms with Gasteiger partial charge < -0.3 is 5.73 Å². The molecular weight excluding hydrogens is 257 g/mol. The molecule has 0 aliphatic heterocycles. The van der Waals surface area contributed by atoms with Gasteiger partial charge in [0.05, 0.1) is 5.02 Å². The molecule has 0 bridgehead atoms. The number of benzene rings is 2. The fraction of sp³-hybridized carbons (Fsp3) is 0. The molecule has 4 heteroatoms. The molecule has 2 N–H and O–H groups in total. The van der Waals surface area contributed by atoms with E-state index in [2.05, 4.69) is 0 Å². The van der Waals surface area contributed by atoms with E-state index < -0.39 is 0 Å². The summed E-state index contributed by atoms with van der Waals surface area (Å²) in [5.41, 5.74) is 7.02. The third kappa shape index (κ3) is 2.43. The van der Waals surface area contributed by atoms with Gasteiger partial charge in [-0.05, 0) is 30.3 Å². The predicted molar refractivity (Wildman–Crippen MR) is 70.7 cm³/mol. The van der Waals surface area contributed by atoms with Crippen LogP contribution in [-0.4, -0.2) is 5.78 Å². The summed E-state index contributed by atoms with van der Waals surface area (Å²) >= 11 is 11.8. The van der Waals surface area contributed by atoms with Crippen molar-refractivity contribution in [3.8, 4) is 0 Å². The Bertz CT molecular complexity index is 581. The van der Waals surface area contributed by atoms with Crippen LogP contribution >= 0.6 is 23.2 Å². The first-order chi connectivity index (χ1) is 8.09. The molecule has 0 radical (unpaired) electrons. The third-order valence-electron chi connectivity index (χ3n) is 2.38. The minimum atomic E-state index is -0.204.